The molecule has 0 spiro atoms. The summed E-state index contributed by atoms with van der Waals surface area (Å²) in [7, 11) is 0. The predicted molar refractivity (Wildman–Crippen MR) is 125 cm³/mol. The van der Waals surface area contributed by atoms with Gasteiger partial charge < -0.3 is 0 Å². The molecule has 0 aromatic heterocycles. The number of benzene rings is 2. The fourth-order valence-electron chi connectivity index (χ4n) is 6.15. The monoisotopic (exact) mass is 474 g/mol. The summed E-state index contributed by atoms with van der Waals surface area (Å²) in [6.45, 7) is 1.48. The van der Waals surface area contributed by atoms with Crippen LogP contribution in [0.5, 0.6) is 0 Å². The number of amides is 3. The van der Waals surface area contributed by atoms with Crippen LogP contribution in [0.25, 0.3) is 0 Å². The van der Waals surface area contributed by atoms with E-state index < -0.39 is 36.1 Å². The van der Waals surface area contributed by atoms with Gasteiger partial charge in [0.2, 0.25) is 0 Å². The average Bonchev–Trinajstić information content (AvgIpc) is 3.61. The predicted octanol–water partition coefficient (Wildman–Crippen LogP) is 3.94. The highest BCUT2D eigenvalue weighted by molar-refractivity contribution is 6.34. The summed E-state index contributed by atoms with van der Waals surface area (Å²) in [5, 5.41) is 2.15. The van der Waals surface area contributed by atoms with Crippen molar-refractivity contribution >= 4 is 35.1 Å². The molecule has 3 amide bonds. The van der Waals surface area contributed by atoms with Crippen molar-refractivity contribution in [3.8, 4) is 0 Å². The van der Waals surface area contributed by atoms with Gasteiger partial charge in [0.25, 0.3) is 17.7 Å². The Balaban J connectivity index is 1.37. The number of allylic oxidation sites excluding steroid dienone is 2. The number of rotatable bonds is 5. The van der Waals surface area contributed by atoms with Crippen molar-refractivity contribution in [2.24, 2.45) is 35.5 Å². The summed E-state index contributed by atoms with van der Waals surface area (Å²) in [5.41, 5.74) is 1.54. The molecule has 2 saturated carbocycles. The van der Waals surface area contributed by atoms with Gasteiger partial charge in [-0.25, -0.2) is 5.01 Å². The van der Waals surface area contributed by atoms with Crippen LogP contribution >= 0.6 is 11.6 Å². The van der Waals surface area contributed by atoms with E-state index in [0.29, 0.717) is 17.4 Å². The molecule has 0 radical (unpaired) electrons. The zero-order valence-electron chi connectivity index (χ0n) is 18.6. The molecule has 1 heterocycles. The lowest BCUT2D eigenvalue weighted by Crippen LogP contribution is -2.52. The zero-order chi connectivity index (χ0) is 23.7. The number of hydrazine groups is 1. The van der Waals surface area contributed by atoms with Crippen LogP contribution in [0.2, 0.25) is 5.02 Å². The topological polar surface area (TPSA) is 74.8 Å². The van der Waals surface area contributed by atoms with Crippen molar-refractivity contribution in [3.05, 3.63) is 82.4 Å². The summed E-state index contributed by atoms with van der Waals surface area (Å²) >= 11 is 6.29. The van der Waals surface area contributed by atoms with Gasteiger partial charge >= 0.3 is 0 Å². The Labute approximate surface area is 202 Å². The van der Waals surface area contributed by atoms with Gasteiger partial charge in [0.05, 0.1) is 22.4 Å². The van der Waals surface area contributed by atoms with Crippen molar-refractivity contribution in [1.29, 1.82) is 0 Å². The number of hydrogen-bond acceptors (Lipinski definition) is 4. The first-order valence-electron chi connectivity index (χ1n) is 11.6. The van der Waals surface area contributed by atoms with Crippen molar-refractivity contribution in [3.63, 3.8) is 0 Å². The second-order valence-corrected chi connectivity index (χ2v) is 10.2. The van der Waals surface area contributed by atoms with E-state index in [1.54, 1.807) is 30.3 Å². The quantitative estimate of drug-likeness (QED) is 0.373. The second kappa shape index (κ2) is 7.64. The molecule has 34 heavy (non-hydrogen) atoms. The second-order valence-electron chi connectivity index (χ2n) is 9.77. The van der Waals surface area contributed by atoms with E-state index in [-0.39, 0.29) is 28.2 Å². The minimum Gasteiger partial charge on any atom is -0.292 e. The number of imide groups is 1. The third kappa shape index (κ3) is 3.08. The molecule has 7 rings (SSSR count). The van der Waals surface area contributed by atoms with E-state index in [2.05, 4.69) is 12.2 Å². The Morgan fingerprint density at radius 1 is 0.941 bits per heavy atom. The molecule has 4 aliphatic carbocycles. The molecule has 1 aliphatic heterocycles. The van der Waals surface area contributed by atoms with E-state index in [0.717, 1.165) is 22.0 Å². The van der Waals surface area contributed by atoms with Crippen molar-refractivity contribution in [2.45, 2.75) is 13.3 Å². The molecule has 172 valence electrons. The molecule has 0 unspecified atom stereocenters. The first-order valence-corrected chi connectivity index (χ1v) is 12.0. The summed E-state index contributed by atoms with van der Waals surface area (Å²) < 4.78 is 0. The number of carbonyl (C=O) groups excluding carboxylic acids is 4. The van der Waals surface area contributed by atoms with E-state index in [1.807, 2.05) is 19.1 Å². The van der Waals surface area contributed by atoms with Crippen LogP contribution in [-0.4, -0.2) is 40.1 Å². The van der Waals surface area contributed by atoms with Crippen LogP contribution in [0.1, 0.15) is 32.7 Å². The minimum atomic E-state index is -0.642. The number of Topliss-reactive ketones (excluding diaryl/α,β-unsaturated/α-hetero) is 1. The maximum atomic E-state index is 13.7. The molecule has 5 aliphatic rings. The van der Waals surface area contributed by atoms with Crippen LogP contribution in [0.3, 0.4) is 0 Å². The lowest BCUT2D eigenvalue weighted by atomic mass is 9.63. The van der Waals surface area contributed by atoms with Gasteiger partial charge in [0, 0.05) is 5.56 Å². The average molecular weight is 475 g/mol. The van der Waals surface area contributed by atoms with Gasteiger partial charge in [0.15, 0.2) is 5.78 Å². The molecule has 7 heteroatoms. The zero-order valence-corrected chi connectivity index (χ0v) is 19.3. The Morgan fingerprint density at radius 2 is 1.53 bits per heavy atom. The first-order chi connectivity index (χ1) is 16.4. The molecular weight excluding hydrogens is 452 g/mol. The number of ketones is 1. The Bertz CT molecular complexity index is 1230. The molecule has 2 bridgehead atoms. The number of aryl methyl sites for hydroxylation is 1. The maximum Gasteiger partial charge on any atom is 0.274 e. The van der Waals surface area contributed by atoms with E-state index in [1.165, 1.54) is 6.07 Å². The Hall–Kier alpha value is -3.25. The summed E-state index contributed by atoms with van der Waals surface area (Å²) in [6, 6.07) is 13.4. The number of nitrogens with zero attached hydrogens (tertiary/aromatic N) is 2. The smallest absolute Gasteiger partial charge is 0.274 e. The van der Waals surface area contributed by atoms with Gasteiger partial charge in [-0.2, -0.15) is 5.01 Å². The van der Waals surface area contributed by atoms with E-state index in [4.69, 9.17) is 11.6 Å². The molecular formula is C27H23ClN2O4. The van der Waals surface area contributed by atoms with Gasteiger partial charge in [0.1, 0.15) is 6.54 Å². The third-order valence-corrected chi connectivity index (χ3v) is 8.22. The SMILES string of the molecule is Cc1ccc(C(=O)CN(C(=O)c2ccccc2Cl)N2C(=O)[C@@H]3[C@H]4C=C[C@@H]([C@@H]5C[C@@H]45)[C@H]3C2=O)cc1. The summed E-state index contributed by atoms with van der Waals surface area (Å²) in [5.74, 6) is -1.81. The minimum absolute atomic E-state index is 0.0199. The van der Waals surface area contributed by atoms with Gasteiger partial charge in [-0.3, -0.25) is 19.2 Å². The third-order valence-electron chi connectivity index (χ3n) is 7.89. The molecule has 3 fully saturated rings. The van der Waals surface area contributed by atoms with Crippen LogP contribution in [0.4, 0.5) is 0 Å². The Morgan fingerprint density at radius 3 is 2.12 bits per heavy atom. The normalized spacial score (nSPS) is 30.2. The lowest BCUT2D eigenvalue weighted by molar-refractivity contribution is -0.154. The van der Waals surface area contributed by atoms with Crippen molar-refractivity contribution in [1.82, 2.24) is 10.0 Å². The van der Waals surface area contributed by atoms with Crippen molar-refractivity contribution in [2.75, 3.05) is 6.54 Å². The van der Waals surface area contributed by atoms with Gasteiger partial charge in [-0.1, -0.05) is 65.7 Å². The molecule has 0 N–H and O–H groups in total. The highest BCUT2D eigenvalue weighted by Gasteiger charge is 2.68. The van der Waals surface area contributed by atoms with E-state index >= 15 is 0 Å². The molecule has 6 atom stereocenters. The maximum absolute atomic E-state index is 13.7. The fraction of sp³-hybridized carbons (Fsp3) is 0.333. The Kier molecular flexibility index (Phi) is 4.78. The first kappa shape index (κ1) is 21.3. The summed E-state index contributed by atoms with van der Waals surface area (Å²) in [4.78, 5) is 54.2. The van der Waals surface area contributed by atoms with Crippen molar-refractivity contribution < 1.29 is 19.2 Å². The number of carbonyl (C=O) groups is 4. The van der Waals surface area contributed by atoms with Gasteiger partial charge in [-0.05, 0) is 49.1 Å². The standard InChI is InChI=1S/C27H23ClN2O4/c1-14-6-8-15(9-7-14)22(31)13-29(25(32)18-4-2-3-5-21(18)28)30-26(33)23-16-10-11-17(20-12-19(16)20)24(23)27(30)34/h2-11,16-17,19-20,23-24H,12-13H2,1H3/t16-,17-,19-,20-,23+,24+/m0/s1. The molecule has 2 aromatic carbocycles. The molecule has 1 saturated heterocycles. The van der Waals surface area contributed by atoms with Crippen LogP contribution in [0, 0.1) is 42.4 Å². The lowest BCUT2D eigenvalue weighted by Gasteiger charge is -2.37. The number of halogens is 1. The highest BCUT2D eigenvalue weighted by atomic mass is 35.5. The fourth-order valence-corrected chi connectivity index (χ4v) is 6.37. The van der Waals surface area contributed by atoms with Crippen LogP contribution in [0.15, 0.2) is 60.7 Å². The summed E-state index contributed by atoms with van der Waals surface area (Å²) in [6.07, 6.45) is 5.20. The largest absolute Gasteiger partial charge is 0.292 e. The van der Waals surface area contributed by atoms with Crippen LogP contribution < -0.4 is 0 Å². The molecule has 6 nitrogen and oxygen atoms in total. The van der Waals surface area contributed by atoms with Gasteiger partial charge in [-0.15, -0.1) is 0 Å². The highest BCUT2D eigenvalue weighted by Crippen LogP contribution is 2.65. The van der Waals surface area contributed by atoms with E-state index in [9.17, 15) is 19.2 Å². The van der Waals surface area contributed by atoms with Crippen LogP contribution in [-0.2, 0) is 9.59 Å². The number of hydrogen-bond donors (Lipinski definition) is 0. The molecule has 2 aromatic rings.